The van der Waals surface area contributed by atoms with Gasteiger partial charge in [-0.05, 0) is 144 Å². The van der Waals surface area contributed by atoms with E-state index >= 15 is 0 Å². The van der Waals surface area contributed by atoms with Gasteiger partial charge in [-0.25, -0.2) is 0 Å². The molecular formula is C46H60N6O5. The van der Waals surface area contributed by atoms with E-state index in [2.05, 4.69) is 71.6 Å². The van der Waals surface area contributed by atoms with Gasteiger partial charge in [-0.1, -0.05) is 27.7 Å². The van der Waals surface area contributed by atoms with Crippen LogP contribution in [0.15, 0.2) is 36.4 Å². The van der Waals surface area contributed by atoms with Gasteiger partial charge in [0.25, 0.3) is 5.91 Å². The molecule has 7 fully saturated rings. The van der Waals surface area contributed by atoms with Crippen molar-refractivity contribution in [2.45, 2.75) is 129 Å². The Hall–Kier alpha value is -4.43. The number of aryl methyl sites for hydroxylation is 2. The Balaban J connectivity index is 0.757. The van der Waals surface area contributed by atoms with Crippen molar-refractivity contribution in [2.75, 3.05) is 31.1 Å². The van der Waals surface area contributed by atoms with Crippen molar-refractivity contribution in [3.05, 3.63) is 58.7 Å². The molecule has 2 aromatic carbocycles. The van der Waals surface area contributed by atoms with Crippen LogP contribution in [0.25, 0.3) is 0 Å². The predicted octanol–water partition coefficient (Wildman–Crippen LogP) is 5.95. The van der Waals surface area contributed by atoms with E-state index in [-0.39, 0.29) is 64.0 Å². The van der Waals surface area contributed by atoms with Crippen LogP contribution in [0.1, 0.15) is 119 Å². The summed E-state index contributed by atoms with van der Waals surface area (Å²) in [4.78, 5) is 55.3. The van der Waals surface area contributed by atoms with Crippen molar-refractivity contribution >= 4 is 29.3 Å². The molecule has 7 aliphatic rings. The van der Waals surface area contributed by atoms with Gasteiger partial charge in [-0.2, -0.15) is 5.26 Å². The van der Waals surface area contributed by atoms with Gasteiger partial charge in [0, 0.05) is 53.2 Å². The predicted molar refractivity (Wildman–Crippen MR) is 217 cm³/mol. The molecule has 304 valence electrons. The first-order valence-corrected chi connectivity index (χ1v) is 21.3. The summed E-state index contributed by atoms with van der Waals surface area (Å²) in [5.74, 6) is 1.54. The fourth-order valence-corrected chi connectivity index (χ4v) is 12.1. The molecule has 1 unspecified atom stereocenters. The summed E-state index contributed by atoms with van der Waals surface area (Å²) in [5.41, 5.74) is 3.60. The van der Waals surface area contributed by atoms with Crippen LogP contribution in [0.5, 0.6) is 5.75 Å². The van der Waals surface area contributed by atoms with E-state index < -0.39 is 6.04 Å². The van der Waals surface area contributed by atoms with E-state index in [0.717, 1.165) is 74.2 Å². The molecule has 2 aromatic rings. The van der Waals surface area contributed by atoms with Crippen LogP contribution < -0.4 is 25.6 Å². The number of rotatable bonds is 10. The Morgan fingerprint density at radius 3 is 2.00 bits per heavy atom. The number of nitrogens with one attached hydrogen (secondary N) is 3. The fourth-order valence-electron chi connectivity index (χ4n) is 12.1. The third-order valence-electron chi connectivity index (χ3n) is 15.1. The van der Waals surface area contributed by atoms with Crippen molar-refractivity contribution < 1.29 is 23.9 Å². The van der Waals surface area contributed by atoms with Gasteiger partial charge in [-0.3, -0.25) is 29.4 Å². The third-order valence-corrected chi connectivity index (χ3v) is 15.1. The highest BCUT2D eigenvalue weighted by Gasteiger charge is 2.73. The number of likely N-dealkylation sites (tertiary alicyclic amines) is 1. The topological polar surface area (TPSA) is 144 Å². The van der Waals surface area contributed by atoms with E-state index in [9.17, 15) is 24.4 Å². The number of ether oxygens (including phenoxy) is 1. The van der Waals surface area contributed by atoms with Crippen molar-refractivity contribution in [3.8, 4) is 11.8 Å². The Morgan fingerprint density at radius 2 is 1.44 bits per heavy atom. The molecule has 2 bridgehead atoms. The van der Waals surface area contributed by atoms with Crippen molar-refractivity contribution in [1.82, 2.24) is 20.9 Å². The lowest BCUT2D eigenvalue weighted by molar-refractivity contribution is -0.223. The van der Waals surface area contributed by atoms with Crippen LogP contribution in [0.3, 0.4) is 0 Å². The van der Waals surface area contributed by atoms with Gasteiger partial charge < -0.3 is 20.3 Å². The lowest BCUT2D eigenvalue weighted by atomic mass is 9.38. The number of benzene rings is 2. The maximum Gasteiger partial charge on any atom is 0.251 e. The first kappa shape index (κ1) is 39.4. The van der Waals surface area contributed by atoms with Gasteiger partial charge >= 0.3 is 0 Å². The molecular weight excluding hydrogens is 717 g/mol. The monoisotopic (exact) mass is 776 g/mol. The molecule has 4 aliphatic carbocycles. The van der Waals surface area contributed by atoms with Crippen LogP contribution in [0.2, 0.25) is 0 Å². The molecule has 4 saturated carbocycles. The lowest BCUT2D eigenvalue weighted by Gasteiger charge is -2.73. The standard InChI is InChI=1S/C46H60N6O5/c1-28-21-34(22-29(2)35(28)24-47)57-41-43(3,4)40(44(41,5)6)50-38(54)32-7-9-33(10-8-32)51-17-13-30(14-18-51)23-31-15-19-52(20-16-31)46-25-45(26-46,27-46)42(56)48-36-11-12-37(53)49-39(36)55/h7-10,21-22,30-31,36,40-41H,11-20,23,25-27H2,1-6H3,(H,48,56)(H,50,54)(H,49,53,55). The quantitative estimate of drug-likeness (QED) is 0.252. The average molecular weight is 777 g/mol. The average Bonchev–Trinajstić information content (AvgIpc) is 3.13. The summed E-state index contributed by atoms with van der Waals surface area (Å²) in [7, 11) is 0. The highest BCUT2D eigenvalue weighted by atomic mass is 16.5. The second-order valence-electron chi connectivity index (χ2n) is 19.7. The fraction of sp³-hybridized carbons (Fsp3) is 0.630. The van der Waals surface area contributed by atoms with Crippen molar-refractivity contribution in [3.63, 3.8) is 0 Å². The zero-order chi connectivity index (χ0) is 40.5. The second kappa shape index (κ2) is 14.4. The summed E-state index contributed by atoms with van der Waals surface area (Å²) in [6, 6.07) is 13.6. The van der Waals surface area contributed by atoms with Crippen LogP contribution in [-0.4, -0.2) is 78.4 Å². The number of piperidine rings is 3. The first-order valence-electron chi connectivity index (χ1n) is 21.3. The van der Waals surface area contributed by atoms with Gasteiger partial charge in [-0.15, -0.1) is 0 Å². The Bertz CT molecular complexity index is 1920. The van der Waals surface area contributed by atoms with Crippen LogP contribution in [0, 0.1) is 53.3 Å². The molecule has 3 saturated heterocycles. The number of imide groups is 1. The van der Waals surface area contributed by atoms with E-state index in [1.54, 1.807) is 0 Å². The van der Waals surface area contributed by atoms with Crippen LogP contribution in [-0.2, 0) is 14.4 Å². The Kier molecular flexibility index (Phi) is 9.98. The zero-order valence-electron chi connectivity index (χ0n) is 34.6. The Morgan fingerprint density at radius 1 is 0.860 bits per heavy atom. The minimum Gasteiger partial charge on any atom is -0.489 e. The summed E-state index contributed by atoms with van der Waals surface area (Å²) in [6.07, 6.45) is 9.34. The molecule has 4 amide bonds. The smallest absolute Gasteiger partial charge is 0.251 e. The number of hydrogen-bond acceptors (Lipinski definition) is 8. The van der Waals surface area contributed by atoms with E-state index in [4.69, 9.17) is 4.74 Å². The van der Waals surface area contributed by atoms with E-state index in [1.165, 1.54) is 37.8 Å². The largest absolute Gasteiger partial charge is 0.489 e. The molecule has 1 atom stereocenters. The normalized spacial score (nSPS) is 30.8. The summed E-state index contributed by atoms with van der Waals surface area (Å²) < 4.78 is 6.55. The molecule has 0 spiro atoms. The minimum atomic E-state index is -0.590. The number of carbonyl (C=O) groups excluding carboxylic acids is 4. The number of nitrogens with zero attached hydrogens (tertiary/aromatic N) is 3. The second-order valence-corrected chi connectivity index (χ2v) is 19.7. The molecule has 0 aromatic heterocycles. The maximum absolute atomic E-state index is 13.6. The van der Waals surface area contributed by atoms with Gasteiger partial charge in [0.15, 0.2) is 0 Å². The molecule has 57 heavy (non-hydrogen) atoms. The van der Waals surface area contributed by atoms with Crippen molar-refractivity contribution in [2.24, 2.45) is 28.1 Å². The van der Waals surface area contributed by atoms with Gasteiger partial charge in [0.2, 0.25) is 17.7 Å². The highest BCUT2D eigenvalue weighted by molar-refractivity contribution is 6.02. The number of amides is 4. The molecule has 11 nitrogen and oxygen atoms in total. The van der Waals surface area contributed by atoms with Crippen molar-refractivity contribution in [1.29, 1.82) is 5.26 Å². The van der Waals surface area contributed by atoms with Crippen LogP contribution >= 0.6 is 0 Å². The number of carbonyl (C=O) groups is 4. The molecule has 11 heteroatoms. The SMILES string of the molecule is Cc1cc(OC2C(C)(C)C(NC(=O)c3ccc(N4CCC(CC5CCN(C67CC(C(=O)NC8CCC(=O)NC8=O)(C6)C7)CC5)CC4)cc3)C2(C)C)cc(C)c1C#N. The van der Waals surface area contributed by atoms with Gasteiger partial charge in [0.1, 0.15) is 17.9 Å². The van der Waals surface area contributed by atoms with Crippen LogP contribution in [0.4, 0.5) is 5.69 Å². The van der Waals surface area contributed by atoms with Gasteiger partial charge in [0.05, 0.1) is 17.0 Å². The lowest BCUT2D eigenvalue weighted by Crippen LogP contribution is -2.79. The molecule has 0 radical (unpaired) electrons. The third kappa shape index (κ3) is 7.00. The molecule has 3 aliphatic heterocycles. The number of nitriles is 1. The number of hydrogen-bond donors (Lipinski definition) is 3. The van der Waals surface area contributed by atoms with E-state index in [1.807, 2.05) is 38.1 Å². The molecule has 3 N–H and O–H groups in total. The summed E-state index contributed by atoms with van der Waals surface area (Å²) in [6.45, 7) is 16.8. The summed E-state index contributed by atoms with van der Waals surface area (Å²) in [5, 5.41) is 18.1. The maximum atomic E-state index is 13.6. The summed E-state index contributed by atoms with van der Waals surface area (Å²) >= 11 is 0. The Labute approximate surface area is 337 Å². The minimum absolute atomic E-state index is 0.00786. The zero-order valence-corrected chi connectivity index (χ0v) is 34.6. The molecule has 3 heterocycles. The highest BCUT2D eigenvalue weighted by Crippen LogP contribution is 2.70. The first-order chi connectivity index (χ1) is 27.0. The van der Waals surface area contributed by atoms with E-state index in [0.29, 0.717) is 17.5 Å². The number of anilines is 1. The molecule has 9 rings (SSSR count).